The molecule has 0 saturated heterocycles. The van der Waals surface area contributed by atoms with Crippen LogP contribution in [0.2, 0.25) is 0 Å². The number of carboxylic acid groups (broad SMARTS) is 1. The second kappa shape index (κ2) is 4.66. The van der Waals surface area contributed by atoms with Gasteiger partial charge in [-0.3, -0.25) is 4.79 Å². The third-order valence-electron chi connectivity index (χ3n) is 2.90. The van der Waals surface area contributed by atoms with Gasteiger partial charge in [0.05, 0.1) is 5.25 Å². The summed E-state index contributed by atoms with van der Waals surface area (Å²) in [5.74, 6) is -1.22. The Morgan fingerprint density at radius 1 is 1.42 bits per heavy atom. The first-order valence-corrected chi connectivity index (χ1v) is 7.73. The largest absolute Gasteiger partial charge is 0.481 e. The average molecular weight is 293 g/mol. The number of sulfone groups is 1. The lowest BCUT2D eigenvalue weighted by Crippen LogP contribution is -2.40. The summed E-state index contributed by atoms with van der Waals surface area (Å²) in [6.45, 7) is 4.77. The van der Waals surface area contributed by atoms with Crippen molar-refractivity contribution in [2.75, 3.05) is 12.8 Å². The number of carbonyl (C=O) groups excluding carboxylic acids is 1. The van der Waals surface area contributed by atoms with E-state index in [9.17, 15) is 18.0 Å². The Kier molecular flexibility index (Phi) is 3.86. The first-order chi connectivity index (χ1) is 8.38. The zero-order chi connectivity index (χ0) is 15.1. The van der Waals surface area contributed by atoms with Gasteiger partial charge in [-0.15, -0.1) is 0 Å². The topological polar surface area (TPSA) is 110 Å². The van der Waals surface area contributed by atoms with Crippen LogP contribution in [0.15, 0.2) is 0 Å². The van der Waals surface area contributed by atoms with Crippen LogP contribution in [0.5, 0.6) is 0 Å². The Balaban J connectivity index is 2.65. The van der Waals surface area contributed by atoms with Crippen LogP contribution >= 0.6 is 0 Å². The molecule has 0 heterocycles. The molecule has 110 valence electrons. The van der Waals surface area contributed by atoms with E-state index in [0.29, 0.717) is 0 Å². The molecule has 1 aliphatic rings. The lowest BCUT2D eigenvalue weighted by Gasteiger charge is -2.21. The van der Waals surface area contributed by atoms with Crippen molar-refractivity contribution < 1.29 is 27.9 Å². The van der Waals surface area contributed by atoms with Crippen LogP contribution < -0.4 is 5.32 Å². The molecule has 1 aliphatic carbocycles. The quantitative estimate of drug-likeness (QED) is 0.776. The standard InChI is InChI=1S/C11H19NO6S/c1-10(2,3)18-9(15)12-6-11(8(13)14)5-7(11)19(4,16)17/h7H,5-6H2,1-4H3,(H,12,15)(H,13,14)/t7-,11+/m0/s1. The van der Waals surface area contributed by atoms with E-state index in [-0.39, 0.29) is 13.0 Å². The maximum atomic E-state index is 11.4. The molecule has 0 spiro atoms. The monoisotopic (exact) mass is 293 g/mol. The number of amides is 1. The summed E-state index contributed by atoms with van der Waals surface area (Å²) in [6.07, 6.45) is 0.250. The molecule has 8 heteroatoms. The molecule has 1 amide bonds. The minimum Gasteiger partial charge on any atom is -0.481 e. The van der Waals surface area contributed by atoms with Gasteiger partial charge in [0.1, 0.15) is 11.0 Å². The molecule has 0 aromatic carbocycles. The zero-order valence-corrected chi connectivity index (χ0v) is 12.2. The number of alkyl carbamates (subject to hydrolysis) is 1. The Hall–Kier alpha value is -1.31. The number of aliphatic carboxylic acids is 1. The van der Waals surface area contributed by atoms with E-state index >= 15 is 0 Å². The van der Waals surface area contributed by atoms with Gasteiger partial charge in [0, 0.05) is 12.8 Å². The second-order valence-electron chi connectivity index (χ2n) is 5.84. The maximum absolute atomic E-state index is 11.4. The van der Waals surface area contributed by atoms with E-state index in [1.54, 1.807) is 20.8 Å². The van der Waals surface area contributed by atoms with Crippen LogP contribution in [0.25, 0.3) is 0 Å². The Morgan fingerprint density at radius 2 is 1.95 bits per heavy atom. The van der Waals surface area contributed by atoms with E-state index in [1.165, 1.54) is 0 Å². The fraction of sp³-hybridized carbons (Fsp3) is 0.818. The fourth-order valence-electron chi connectivity index (χ4n) is 1.86. The van der Waals surface area contributed by atoms with E-state index in [0.717, 1.165) is 6.26 Å². The summed E-state index contributed by atoms with van der Waals surface area (Å²) in [7, 11) is -3.44. The van der Waals surface area contributed by atoms with E-state index in [1.807, 2.05) is 0 Å². The average Bonchev–Trinajstić information content (AvgIpc) is 2.87. The lowest BCUT2D eigenvalue weighted by molar-refractivity contribution is -0.143. The summed E-state index contributed by atoms with van der Waals surface area (Å²) in [4.78, 5) is 22.6. The molecular weight excluding hydrogens is 274 g/mol. The first-order valence-electron chi connectivity index (χ1n) is 5.77. The molecule has 0 aromatic rings. The van der Waals surface area contributed by atoms with Crippen molar-refractivity contribution in [3.05, 3.63) is 0 Å². The predicted octanol–water partition coefficient (Wildman–Crippen LogP) is 0.399. The molecule has 1 rings (SSSR count). The van der Waals surface area contributed by atoms with Crippen LogP contribution in [0, 0.1) is 5.41 Å². The summed E-state index contributed by atoms with van der Waals surface area (Å²) in [5, 5.41) is 10.5. The number of carbonyl (C=O) groups is 2. The van der Waals surface area contributed by atoms with Gasteiger partial charge in [-0.25, -0.2) is 13.2 Å². The van der Waals surface area contributed by atoms with E-state index < -0.39 is 38.2 Å². The summed E-state index contributed by atoms with van der Waals surface area (Å²) >= 11 is 0. The third-order valence-corrected chi connectivity index (χ3v) is 4.55. The van der Waals surface area contributed by atoms with Gasteiger partial charge in [0.15, 0.2) is 9.84 Å². The minimum absolute atomic E-state index is 0.0109. The fourth-order valence-corrected chi connectivity index (χ4v) is 3.47. The van der Waals surface area contributed by atoms with Gasteiger partial charge in [0.2, 0.25) is 0 Å². The van der Waals surface area contributed by atoms with E-state index in [4.69, 9.17) is 9.84 Å². The first kappa shape index (κ1) is 15.7. The van der Waals surface area contributed by atoms with Crippen molar-refractivity contribution >= 4 is 21.9 Å². The van der Waals surface area contributed by atoms with E-state index in [2.05, 4.69) is 5.32 Å². The van der Waals surface area contributed by atoms with Gasteiger partial charge in [0.25, 0.3) is 0 Å². The van der Waals surface area contributed by atoms with Crippen molar-refractivity contribution in [1.82, 2.24) is 5.32 Å². The van der Waals surface area contributed by atoms with Crippen molar-refractivity contribution in [3.8, 4) is 0 Å². The zero-order valence-electron chi connectivity index (χ0n) is 11.4. The molecule has 19 heavy (non-hydrogen) atoms. The van der Waals surface area contributed by atoms with Crippen LogP contribution in [0.3, 0.4) is 0 Å². The summed E-state index contributed by atoms with van der Waals surface area (Å²) < 4.78 is 27.7. The molecule has 0 bridgehead atoms. The van der Waals surface area contributed by atoms with Crippen molar-refractivity contribution in [3.63, 3.8) is 0 Å². The molecule has 1 saturated carbocycles. The van der Waals surface area contributed by atoms with Gasteiger partial charge in [-0.05, 0) is 27.2 Å². The number of carboxylic acids is 1. The number of nitrogens with one attached hydrogen (secondary N) is 1. The van der Waals surface area contributed by atoms with Crippen molar-refractivity contribution in [2.45, 2.75) is 38.0 Å². The van der Waals surface area contributed by atoms with Gasteiger partial charge >= 0.3 is 12.1 Å². The smallest absolute Gasteiger partial charge is 0.407 e. The van der Waals surface area contributed by atoms with Gasteiger partial charge in [-0.2, -0.15) is 0 Å². The molecule has 1 fully saturated rings. The number of hydrogen-bond acceptors (Lipinski definition) is 5. The highest BCUT2D eigenvalue weighted by Crippen LogP contribution is 2.50. The highest BCUT2D eigenvalue weighted by atomic mass is 32.2. The Bertz CT molecular complexity index is 492. The molecule has 0 unspecified atom stereocenters. The molecule has 2 N–H and O–H groups in total. The van der Waals surface area contributed by atoms with Crippen LogP contribution in [0.1, 0.15) is 27.2 Å². The molecule has 7 nitrogen and oxygen atoms in total. The SMILES string of the molecule is CC(C)(C)OC(=O)NC[C@]1(C(=O)O)C[C@@H]1S(C)(=O)=O. The number of hydrogen-bond donors (Lipinski definition) is 2. The van der Waals surface area contributed by atoms with Crippen molar-refractivity contribution in [2.24, 2.45) is 5.41 Å². The van der Waals surface area contributed by atoms with Gasteiger partial charge < -0.3 is 15.2 Å². The predicted molar refractivity (Wildman–Crippen MR) is 67.6 cm³/mol. The number of rotatable bonds is 4. The van der Waals surface area contributed by atoms with Crippen LogP contribution in [-0.2, 0) is 19.4 Å². The Morgan fingerprint density at radius 3 is 2.26 bits per heavy atom. The third kappa shape index (κ3) is 3.82. The lowest BCUT2D eigenvalue weighted by atomic mass is 10.1. The molecule has 0 radical (unpaired) electrons. The Labute approximate surface area is 112 Å². The molecule has 2 atom stereocenters. The molecular formula is C11H19NO6S. The highest BCUT2D eigenvalue weighted by molar-refractivity contribution is 7.91. The number of ether oxygens (including phenoxy) is 1. The minimum atomic E-state index is -3.44. The van der Waals surface area contributed by atoms with Crippen molar-refractivity contribution in [1.29, 1.82) is 0 Å². The normalized spacial score (nSPS) is 26.6. The van der Waals surface area contributed by atoms with Gasteiger partial charge in [-0.1, -0.05) is 0 Å². The van der Waals surface area contributed by atoms with Crippen LogP contribution in [0.4, 0.5) is 4.79 Å². The second-order valence-corrected chi connectivity index (χ2v) is 8.07. The maximum Gasteiger partial charge on any atom is 0.407 e. The molecule has 0 aliphatic heterocycles. The van der Waals surface area contributed by atoms with Crippen LogP contribution in [-0.4, -0.2) is 49.2 Å². The summed E-state index contributed by atoms with van der Waals surface area (Å²) in [5.41, 5.74) is -2.12. The highest BCUT2D eigenvalue weighted by Gasteiger charge is 2.65. The summed E-state index contributed by atoms with van der Waals surface area (Å²) in [6, 6.07) is 0. The molecule has 0 aromatic heterocycles.